The summed E-state index contributed by atoms with van der Waals surface area (Å²) >= 11 is 0. The van der Waals surface area contributed by atoms with Gasteiger partial charge in [0.25, 0.3) is 5.91 Å². The van der Waals surface area contributed by atoms with Gasteiger partial charge in [0.05, 0.1) is 12.0 Å². The SMILES string of the molecule is CCN(CCNC(=O)NC)c1ccc2c(-c3ccccc3C(=O)[O-])c3ccc(=[N+](CC)CC(=O)NC)cc-3oc2c1. The molecule has 41 heavy (non-hydrogen) atoms. The van der Waals surface area contributed by atoms with Crippen LogP contribution >= 0.6 is 0 Å². The van der Waals surface area contributed by atoms with Crippen molar-refractivity contribution in [1.29, 1.82) is 0 Å². The highest BCUT2D eigenvalue weighted by Gasteiger charge is 2.22. The van der Waals surface area contributed by atoms with Crippen LogP contribution in [0.25, 0.3) is 33.4 Å². The lowest BCUT2D eigenvalue weighted by atomic mass is 9.90. The van der Waals surface area contributed by atoms with Crippen LogP contribution in [0.15, 0.2) is 65.1 Å². The molecule has 3 N–H and O–H groups in total. The van der Waals surface area contributed by atoms with Gasteiger partial charge < -0.3 is 35.2 Å². The first-order valence-electron chi connectivity index (χ1n) is 13.6. The van der Waals surface area contributed by atoms with Crippen molar-refractivity contribution in [3.05, 3.63) is 71.6 Å². The molecule has 1 aliphatic heterocycles. The molecule has 10 heteroatoms. The highest BCUT2D eigenvalue weighted by Crippen LogP contribution is 2.41. The number of carboxylic acids is 1. The third-order valence-electron chi connectivity index (χ3n) is 7.11. The van der Waals surface area contributed by atoms with E-state index in [-0.39, 0.29) is 24.0 Å². The number of fused-ring (bicyclic) bond motifs is 2. The second kappa shape index (κ2) is 13.0. The van der Waals surface area contributed by atoms with Crippen molar-refractivity contribution in [2.45, 2.75) is 13.8 Å². The summed E-state index contributed by atoms with van der Waals surface area (Å²) in [5.74, 6) is -0.824. The number of hydrogen-bond acceptors (Lipinski definition) is 6. The van der Waals surface area contributed by atoms with Crippen molar-refractivity contribution in [3.8, 4) is 22.5 Å². The lowest BCUT2D eigenvalue weighted by Crippen LogP contribution is -2.39. The molecular weight excluding hydrogens is 522 g/mol. The van der Waals surface area contributed by atoms with Gasteiger partial charge in [-0.05, 0) is 37.6 Å². The van der Waals surface area contributed by atoms with Crippen molar-refractivity contribution in [2.24, 2.45) is 0 Å². The monoisotopic (exact) mass is 557 g/mol. The van der Waals surface area contributed by atoms with Crippen molar-refractivity contribution >= 4 is 34.6 Å². The number of rotatable bonds is 10. The summed E-state index contributed by atoms with van der Waals surface area (Å²) in [6.07, 6.45) is 0. The van der Waals surface area contributed by atoms with E-state index < -0.39 is 5.97 Å². The smallest absolute Gasteiger partial charge is 0.314 e. The molecule has 214 valence electrons. The molecule has 0 unspecified atom stereocenters. The molecule has 4 rings (SSSR count). The molecule has 1 aliphatic carbocycles. The van der Waals surface area contributed by atoms with E-state index in [4.69, 9.17) is 4.42 Å². The highest BCUT2D eigenvalue weighted by molar-refractivity contribution is 6.07. The Hall–Kier alpha value is -4.86. The fourth-order valence-corrected chi connectivity index (χ4v) is 4.93. The first kappa shape index (κ1) is 29.1. The minimum Gasteiger partial charge on any atom is -0.545 e. The van der Waals surface area contributed by atoms with Gasteiger partial charge in [0.1, 0.15) is 17.9 Å². The zero-order valence-corrected chi connectivity index (χ0v) is 23.7. The lowest BCUT2D eigenvalue weighted by molar-refractivity contribution is -0.254. The van der Waals surface area contributed by atoms with Gasteiger partial charge in [0.15, 0.2) is 0 Å². The van der Waals surface area contributed by atoms with E-state index in [9.17, 15) is 19.5 Å². The highest BCUT2D eigenvalue weighted by atomic mass is 16.4. The Morgan fingerprint density at radius 1 is 0.951 bits per heavy atom. The van der Waals surface area contributed by atoms with E-state index in [0.717, 1.165) is 27.6 Å². The van der Waals surface area contributed by atoms with E-state index in [1.54, 1.807) is 32.3 Å². The summed E-state index contributed by atoms with van der Waals surface area (Å²) in [7, 11) is 3.17. The summed E-state index contributed by atoms with van der Waals surface area (Å²) in [6.45, 7) is 6.52. The van der Waals surface area contributed by atoms with Gasteiger partial charge >= 0.3 is 6.03 Å². The molecule has 10 nitrogen and oxygen atoms in total. The van der Waals surface area contributed by atoms with E-state index >= 15 is 0 Å². The number of carboxylic acid groups (broad SMARTS) is 1. The van der Waals surface area contributed by atoms with Crippen LogP contribution in [0.4, 0.5) is 10.5 Å². The Morgan fingerprint density at radius 3 is 2.41 bits per heavy atom. The molecule has 0 saturated heterocycles. The van der Waals surface area contributed by atoms with Crippen LogP contribution in [0.2, 0.25) is 0 Å². The van der Waals surface area contributed by atoms with Crippen LogP contribution in [0.1, 0.15) is 24.2 Å². The number of urea groups is 1. The maximum absolute atomic E-state index is 12.1. The molecule has 0 aromatic heterocycles. The topological polar surface area (TPSA) is 130 Å². The first-order chi connectivity index (χ1) is 19.8. The number of aromatic carboxylic acids is 1. The molecule has 1 heterocycles. The van der Waals surface area contributed by atoms with Crippen molar-refractivity contribution < 1.29 is 23.9 Å². The van der Waals surface area contributed by atoms with E-state index in [2.05, 4.69) is 20.9 Å². The standard InChI is InChI=1S/C31H35N5O5/c1-5-35(16-15-34-31(40)33-4)20-11-13-24-26(17-20)41-27-18-21(36(6-2)19-28(37)32-3)12-14-25(27)29(24)22-9-7-8-10-23(22)30(38)39/h7-14,17-18H,5-6,15-16,19H2,1-4H3,(H3-,32,33,34,37,38,39,40). The molecule has 2 aliphatic rings. The summed E-state index contributed by atoms with van der Waals surface area (Å²) in [5, 5.41) is 21.7. The maximum Gasteiger partial charge on any atom is 0.314 e. The van der Waals surface area contributed by atoms with Gasteiger partial charge in [-0.1, -0.05) is 24.3 Å². The number of anilines is 1. The Labute approximate surface area is 238 Å². The van der Waals surface area contributed by atoms with Crippen LogP contribution < -0.4 is 35.9 Å². The number of carbonyl (C=O) groups excluding carboxylic acids is 3. The van der Waals surface area contributed by atoms with E-state index in [1.165, 1.54) is 6.07 Å². The minimum absolute atomic E-state index is 0.0831. The summed E-state index contributed by atoms with van der Waals surface area (Å²) in [4.78, 5) is 38.0. The third-order valence-corrected chi connectivity index (χ3v) is 7.11. The molecule has 2 aromatic carbocycles. The van der Waals surface area contributed by atoms with Crippen LogP contribution in [-0.4, -0.2) is 64.7 Å². The predicted octanol–water partition coefficient (Wildman–Crippen LogP) is 1.86. The summed E-state index contributed by atoms with van der Waals surface area (Å²) < 4.78 is 8.41. The summed E-state index contributed by atoms with van der Waals surface area (Å²) in [6, 6.07) is 18.1. The van der Waals surface area contributed by atoms with Gasteiger partial charge in [-0.2, -0.15) is 0 Å². The average Bonchev–Trinajstić information content (AvgIpc) is 2.99. The molecule has 0 atom stereocenters. The quantitative estimate of drug-likeness (QED) is 0.202. The zero-order valence-electron chi connectivity index (χ0n) is 23.7. The normalized spacial score (nSPS) is 11.7. The minimum atomic E-state index is -1.26. The Kier molecular flexibility index (Phi) is 9.23. The molecule has 0 radical (unpaired) electrons. The number of hydrogen-bond donors (Lipinski definition) is 3. The average molecular weight is 558 g/mol. The van der Waals surface area contributed by atoms with E-state index in [1.807, 2.05) is 54.8 Å². The van der Waals surface area contributed by atoms with Crippen LogP contribution in [-0.2, 0) is 4.79 Å². The van der Waals surface area contributed by atoms with Crippen LogP contribution in [0.3, 0.4) is 0 Å². The summed E-state index contributed by atoms with van der Waals surface area (Å²) in [5.41, 5.74) is 3.53. The number of carbonyl (C=O) groups is 3. The van der Waals surface area contributed by atoms with E-state index in [0.29, 0.717) is 43.1 Å². The Morgan fingerprint density at radius 2 is 1.73 bits per heavy atom. The maximum atomic E-state index is 12.1. The van der Waals surface area contributed by atoms with Crippen molar-refractivity contribution in [2.75, 3.05) is 51.7 Å². The molecule has 0 spiro atoms. The molecule has 0 fully saturated rings. The van der Waals surface area contributed by atoms with Gasteiger partial charge in [-0.15, -0.1) is 0 Å². The lowest BCUT2D eigenvalue weighted by Gasteiger charge is -2.24. The molecule has 0 saturated carbocycles. The zero-order chi connectivity index (χ0) is 29.5. The van der Waals surface area contributed by atoms with Crippen LogP contribution in [0, 0.1) is 0 Å². The molecule has 0 bridgehead atoms. The molecular formula is C31H35N5O5. The fraction of sp³-hybridized carbons (Fsp3) is 0.290. The second-order valence-electron chi connectivity index (χ2n) is 9.44. The van der Waals surface area contributed by atoms with Gasteiger partial charge in [-0.25, -0.2) is 9.37 Å². The van der Waals surface area contributed by atoms with Gasteiger partial charge in [-0.3, -0.25) is 4.79 Å². The van der Waals surface area contributed by atoms with Crippen LogP contribution in [0.5, 0.6) is 0 Å². The number of benzene rings is 3. The van der Waals surface area contributed by atoms with Crippen molar-refractivity contribution in [3.63, 3.8) is 0 Å². The first-order valence-corrected chi connectivity index (χ1v) is 13.6. The third kappa shape index (κ3) is 6.32. The fourth-order valence-electron chi connectivity index (χ4n) is 4.93. The Bertz CT molecular complexity index is 1630. The number of likely N-dealkylation sites (N-methyl/N-ethyl adjacent to an activating group) is 3. The molecule has 3 amide bonds. The number of nitrogens with one attached hydrogen (secondary N) is 3. The largest absolute Gasteiger partial charge is 0.545 e. The Balaban J connectivity index is 1.96. The van der Waals surface area contributed by atoms with Gasteiger partial charge in [0, 0.05) is 73.6 Å². The van der Waals surface area contributed by atoms with Gasteiger partial charge in [0.2, 0.25) is 11.9 Å². The number of amides is 3. The molecule has 2 aromatic rings. The second-order valence-corrected chi connectivity index (χ2v) is 9.44. The number of nitrogens with zero attached hydrogens (tertiary/aromatic N) is 2. The predicted molar refractivity (Wildman–Crippen MR) is 158 cm³/mol. The van der Waals surface area contributed by atoms with Crippen molar-refractivity contribution in [1.82, 2.24) is 20.5 Å².